The van der Waals surface area contributed by atoms with Crippen molar-refractivity contribution < 1.29 is 18.7 Å². The van der Waals surface area contributed by atoms with Crippen LogP contribution in [0.5, 0.6) is 5.75 Å². The Kier molecular flexibility index (Phi) is 5.82. The molecule has 0 bridgehead atoms. The minimum Gasteiger partial charge on any atom is -0.481 e. The average molecular weight is 428 g/mol. The largest absolute Gasteiger partial charge is 0.481 e. The van der Waals surface area contributed by atoms with Crippen molar-refractivity contribution in [2.24, 2.45) is 0 Å². The Morgan fingerprint density at radius 1 is 0.906 bits per heavy atom. The van der Waals surface area contributed by atoms with Crippen LogP contribution in [0.25, 0.3) is 11.0 Å². The standard InChI is InChI=1S/C27H25NO4/c1-16-9-12-20(13-10-16)25(29)26-24(22-7-5-6-8-23(22)32-26)28-27(30)19(4)31-21-14-11-17(2)18(3)15-21/h5-15,19H,1-4H3,(H,28,30). The highest BCUT2D eigenvalue weighted by molar-refractivity contribution is 6.17. The predicted octanol–water partition coefficient (Wildman–Crippen LogP) is 6.00. The van der Waals surface area contributed by atoms with E-state index >= 15 is 0 Å². The van der Waals surface area contributed by atoms with Crippen LogP contribution >= 0.6 is 0 Å². The first kappa shape index (κ1) is 21.4. The van der Waals surface area contributed by atoms with E-state index in [-0.39, 0.29) is 17.5 Å². The number of para-hydroxylation sites is 1. The fourth-order valence-electron chi connectivity index (χ4n) is 3.44. The van der Waals surface area contributed by atoms with Crippen LogP contribution in [-0.4, -0.2) is 17.8 Å². The molecule has 0 aliphatic rings. The molecule has 0 fully saturated rings. The zero-order valence-corrected chi connectivity index (χ0v) is 18.6. The van der Waals surface area contributed by atoms with Crippen LogP contribution in [0.3, 0.4) is 0 Å². The number of rotatable bonds is 6. The van der Waals surface area contributed by atoms with E-state index in [9.17, 15) is 9.59 Å². The number of benzene rings is 3. The van der Waals surface area contributed by atoms with Crippen LogP contribution in [0.15, 0.2) is 71.1 Å². The summed E-state index contributed by atoms with van der Waals surface area (Å²) < 4.78 is 11.7. The number of furan rings is 1. The third-order valence-corrected chi connectivity index (χ3v) is 5.52. The quantitative estimate of drug-likeness (QED) is 0.384. The van der Waals surface area contributed by atoms with E-state index in [0.29, 0.717) is 28.0 Å². The fourth-order valence-corrected chi connectivity index (χ4v) is 3.44. The van der Waals surface area contributed by atoms with Crippen molar-refractivity contribution in [2.45, 2.75) is 33.8 Å². The lowest BCUT2D eigenvalue weighted by Crippen LogP contribution is -2.30. The molecule has 0 saturated heterocycles. The molecule has 0 spiro atoms. The molecule has 1 N–H and O–H groups in total. The Morgan fingerprint density at radius 2 is 1.62 bits per heavy atom. The van der Waals surface area contributed by atoms with E-state index < -0.39 is 6.10 Å². The molecule has 0 aliphatic carbocycles. The van der Waals surface area contributed by atoms with Gasteiger partial charge in [0.2, 0.25) is 5.78 Å². The molecule has 1 heterocycles. The van der Waals surface area contributed by atoms with Gasteiger partial charge < -0.3 is 14.5 Å². The SMILES string of the molecule is Cc1ccc(C(=O)c2oc3ccccc3c2NC(=O)C(C)Oc2ccc(C)c(C)c2)cc1. The topological polar surface area (TPSA) is 68.5 Å². The first-order valence-corrected chi connectivity index (χ1v) is 10.5. The summed E-state index contributed by atoms with van der Waals surface area (Å²) in [7, 11) is 0. The highest BCUT2D eigenvalue weighted by atomic mass is 16.5. The van der Waals surface area contributed by atoms with Crippen molar-refractivity contribution in [2.75, 3.05) is 5.32 Å². The highest BCUT2D eigenvalue weighted by Crippen LogP contribution is 2.33. The van der Waals surface area contributed by atoms with Crippen molar-refractivity contribution in [3.63, 3.8) is 0 Å². The molecule has 32 heavy (non-hydrogen) atoms. The molecular weight excluding hydrogens is 402 g/mol. The van der Waals surface area contributed by atoms with Gasteiger partial charge in [0.1, 0.15) is 11.3 Å². The molecular formula is C27H25NO4. The first-order chi connectivity index (χ1) is 15.3. The molecule has 4 aromatic rings. The summed E-state index contributed by atoms with van der Waals surface area (Å²) in [5.41, 5.74) is 4.66. The predicted molar refractivity (Wildman–Crippen MR) is 125 cm³/mol. The number of carbonyl (C=O) groups is 2. The lowest BCUT2D eigenvalue weighted by Gasteiger charge is -2.15. The van der Waals surface area contributed by atoms with Gasteiger partial charge in [-0.15, -0.1) is 0 Å². The zero-order valence-electron chi connectivity index (χ0n) is 18.6. The molecule has 0 saturated carbocycles. The van der Waals surface area contributed by atoms with Gasteiger partial charge in [-0.05, 0) is 63.1 Å². The minimum absolute atomic E-state index is 0.0989. The number of fused-ring (bicyclic) bond motifs is 1. The average Bonchev–Trinajstić information content (AvgIpc) is 3.14. The number of anilines is 1. The van der Waals surface area contributed by atoms with E-state index in [4.69, 9.17) is 9.15 Å². The molecule has 1 atom stereocenters. The number of nitrogens with one attached hydrogen (secondary N) is 1. The molecule has 5 heteroatoms. The summed E-state index contributed by atoms with van der Waals surface area (Å²) >= 11 is 0. The lowest BCUT2D eigenvalue weighted by atomic mass is 10.1. The summed E-state index contributed by atoms with van der Waals surface area (Å²) in [5.74, 6) is 0.0532. The van der Waals surface area contributed by atoms with Crippen LogP contribution < -0.4 is 10.1 Å². The summed E-state index contributed by atoms with van der Waals surface area (Å²) in [6, 6.07) is 20.2. The Labute approximate surface area is 187 Å². The van der Waals surface area contributed by atoms with Crippen molar-refractivity contribution in [1.29, 1.82) is 0 Å². The van der Waals surface area contributed by atoms with Crippen LogP contribution in [0.2, 0.25) is 0 Å². The zero-order chi connectivity index (χ0) is 22.8. The van der Waals surface area contributed by atoms with E-state index in [1.54, 1.807) is 25.1 Å². The van der Waals surface area contributed by atoms with Crippen molar-refractivity contribution in [3.05, 3.63) is 94.7 Å². The number of amides is 1. The Bertz CT molecular complexity index is 1300. The van der Waals surface area contributed by atoms with Gasteiger partial charge in [0.15, 0.2) is 11.9 Å². The van der Waals surface area contributed by atoms with Crippen LogP contribution in [-0.2, 0) is 4.79 Å². The van der Waals surface area contributed by atoms with E-state index in [2.05, 4.69) is 5.32 Å². The Balaban J connectivity index is 1.63. The number of ketones is 1. The van der Waals surface area contributed by atoms with Gasteiger partial charge in [0, 0.05) is 10.9 Å². The van der Waals surface area contributed by atoms with Crippen molar-refractivity contribution >= 4 is 28.3 Å². The smallest absolute Gasteiger partial charge is 0.265 e. The lowest BCUT2D eigenvalue weighted by molar-refractivity contribution is -0.122. The van der Waals surface area contributed by atoms with Gasteiger partial charge in [-0.2, -0.15) is 0 Å². The molecule has 0 aliphatic heterocycles. The number of hydrogen-bond acceptors (Lipinski definition) is 4. The van der Waals surface area contributed by atoms with Gasteiger partial charge >= 0.3 is 0 Å². The summed E-state index contributed by atoms with van der Waals surface area (Å²) in [6.45, 7) is 7.64. The minimum atomic E-state index is -0.770. The normalized spacial score (nSPS) is 11.9. The van der Waals surface area contributed by atoms with Crippen LogP contribution in [0.4, 0.5) is 5.69 Å². The first-order valence-electron chi connectivity index (χ1n) is 10.5. The van der Waals surface area contributed by atoms with Gasteiger partial charge in [0.25, 0.3) is 5.91 Å². The summed E-state index contributed by atoms with van der Waals surface area (Å²) in [5, 5.41) is 3.52. The molecule has 162 valence electrons. The Hall–Kier alpha value is -3.86. The maximum atomic E-state index is 13.2. The maximum absolute atomic E-state index is 13.2. The molecule has 4 rings (SSSR count). The van der Waals surface area contributed by atoms with Crippen molar-refractivity contribution in [1.82, 2.24) is 0 Å². The second-order valence-electron chi connectivity index (χ2n) is 7.99. The molecule has 1 aromatic heterocycles. The maximum Gasteiger partial charge on any atom is 0.265 e. The second-order valence-corrected chi connectivity index (χ2v) is 7.99. The molecule has 5 nitrogen and oxygen atoms in total. The number of aryl methyl sites for hydroxylation is 3. The number of hydrogen-bond donors (Lipinski definition) is 1. The van der Waals surface area contributed by atoms with Crippen molar-refractivity contribution in [3.8, 4) is 5.75 Å². The monoisotopic (exact) mass is 427 g/mol. The molecule has 1 amide bonds. The van der Waals surface area contributed by atoms with Gasteiger partial charge in [-0.3, -0.25) is 9.59 Å². The highest BCUT2D eigenvalue weighted by Gasteiger charge is 2.25. The van der Waals surface area contributed by atoms with E-state index in [1.807, 2.05) is 69.3 Å². The van der Waals surface area contributed by atoms with E-state index in [1.165, 1.54) is 0 Å². The number of ether oxygens (including phenoxy) is 1. The third kappa shape index (κ3) is 4.28. The third-order valence-electron chi connectivity index (χ3n) is 5.52. The van der Waals surface area contributed by atoms with Gasteiger partial charge in [0.05, 0.1) is 5.69 Å². The summed E-state index contributed by atoms with van der Waals surface area (Å²) in [4.78, 5) is 26.2. The van der Waals surface area contributed by atoms with Crippen LogP contribution in [0.1, 0.15) is 39.7 Å². The Morgan fingerprint density at radius 3 is 2.34 bits per heavy atom. The van der Waals surface area contributed by atoms with Gasteiger partial charge in [-0.25, -0.2) is 0 Å². The molecule has 0 radical (unpaired) electrons. The summed E-state index contributed by atoms with van der Waals surface area (Å²) in [6.07, 6.45) is -0.770. The van der Waals surface area contributed by atoms with E-state index in [0.717, 1.165) is 16.7 Å². The van der Waals surface area contributed by atoms with Crippen LogP contribution in [0, 0.1) is 20.8 Å². The fraction of sp³-hybridized carbons (Fsp3) is 0.185. The second kappa shape index (κ2) is 8.71. The van der Waals surface area contributed by atoms with Gasteiger partial charge in [-0.1, -0.05) is 48.0 Å². The number of carbonyl (C=O) groups excluding carboxylic acids is 2. The molecule has 3 aromatic carbocycles. The molecule has 1 unspecified atom stereocenters.